The second-order valence-electron chi connectivity index (χ2n) is 4.94. The highest BCUT2D eigenvalue weighted by molar-refractivity contribution is 7.89. The number of piperazine rings is 1. The molecule has 116 valence electrons. The van der Waals surface area contributed by atoms with Gasteiger partial charge in [-0.2, -0.15) is 9.40 Å². The number of sulfonamides is 1. The Balaban J connectivity index is 1.79. The second-order valence-corrected chi connectivity index (χ2v) is 6.88. The van der Waals surface area contributed by atoms with E-state index in [-0.39, 0.29) is 23.9 Å². The van der Waals surface area contributed by atoms with E-state index in [0.29, 0.717) is 12.2 Å². The van der Waals surface area contributed by atoms with Gasteiger partial charge in [0.05, 0.1) is 24.6 Å². The fraction of sp³-hybridized carbons (Fsp3) is 0.308. The number of hydrogen-bond acceptors (Lipinski definition) is 5. The topological polar surface area (TPSA) is 88.4 Å². The van der Waals surface area contributed by atoms with Crippen molar-refractivity contribution in [3.63, 3.8) is 0 Å². The molecular weight excluding hydrogens is 306 g/mol. The molecule has 1 aliphatic heterocycles. The molecule has 1 fully saturated rings. The fourth-order valence-electron chi connectivity index (χ4n) is 2.32. The van der Waals surface area contributed by atoms with Crippen molar-refractivity contribution in [3.8, 4) is 0 Å². The summed E-state index contributed by atoms with van der Waals surface area (Å²) in [5.41, 5.74) is 0.672. The van der Waals surface area contributed by atoms with Crippen molar-refractivity contribution in [3.05, 3.63) is 36.9 Å². The molecule has 0 spiro atoms. The van der Waals surface area contributed by atoms with Gasteiger partial charge in [0, 0.05) is 32.5 Å². The van der Waals surface area contributed by atoms with E-state index >= 15 is 0 Å². The van der Waals surface area contributed by atoms with Gasteiger partial charge in [-0.05, 0) is 12.1 Å². The number of anilines is 1. The Bertz CT molecular complexity index is 787. The van der Waals surface area contributed by atoms with Crippen molar-refractivity contribution in [2.75, 3.05) is 24.5 Å². The van der Waals surface area contributed by atoms with Gasteiger partial charge < -0.3 is 4.90 Å². The normalized spacial score (nSPS) is 17.0. The van der Waals surface area contributed by atoms with E-state index in [1.807, 2.05) is 0 Å². The molecule has 1 aliphatic rings. The smallest absolute Gasteiger partial charge is 0.246 e. The molecule has 2 aromatic rings. The second kappa shape index (κ2) is 5.50. The summed E-state index contributed by atoms with van der Waals surface area (Å²) in [7, 11) is -2.05. The van der Waals surface area contributed by atoms with E-state index in [0.717, 1.165) is 0 Å². The number of carbonyl (C=O) groups excluding carboxylic acids is 1. The van der Waals surface area contributed by atoms with Gasteiger partial charge in [-0.15, -0.1) is 0 Å². The van der Waals surface area contributed by atoms with E-state index in [1.165, 1.54) is 21.4 Å². The van der Waals surface area contributed by atoms with Crippen LogP contribution in [-0.2, 0) is 21.9 Å². The molecule has 0 saturated carbocycles. The Morgan fingerprint density at radius 3 is 2.64 bits per heavy atom. The maximum absolute atomic E-state index is 12.5. The minimum Gasteiger partial charge on any atom is -0.308 e. The first-order valence-electron chi connectivity index (χ1n) is 6.67. The summed E-state index contributed by atoms with van der Waals surface area (Å²) in [6, 6.07) is 3.51. The maximum atomic E-state index is 12.5. The van der Waals surface area contributed by atoms with Crippen LogP contribution in [0, 0.1) is 0 Å². The molecule has 0 bridgehead atoms. The number of amides is 1. The highest BCUT2D eigenvalue weighted by Gasteiger charge is 2.34. The summed E-state index contributed by atoms with van der Waals surface area (Å²) in [5, 5.41) is 3.87. The summed E-state index contributed by atoms with van der Waals surface area (Å²) < 4.78 is 27.6. The SMILES string of the molecule is Cn1cc(S(=O)(=O)N2CCN(c3cccnc3)C(=O)C2)cn1. The van der Waals surface area contributed by atoms with Crippen LogP contribution in [0.3, 0.4) is 0 Å². The largest absolute Gasteiger partial charge is 0.308 e. The predicted molar refractivity (Wildman–Crippen MR) is 78.6 cm³/mol. The van der Waals surface area contributed by atoms with Gasteiger partial charge in [0.1, 0.15) is 4.90 Å². The van der Waals surface area contributed by atoms with Crippen LogP contribution in [0.25, 0.3) is 0 Å². The summed E-state index contributed by atoms with van der Waals surface area (Å²) in [6.45, 7) is 0.341. The Hall–Kier alpha value is -2.26. The summed E-state index contributed by atoms with van der Waals surface area (Å²) in [6.07, 6.45) is 5.92. The average molecular weight is 321 g/mol. The number of rotatable bonds is 3. The van der Waals surface area contributed by atoms with Crippen molar-refractivity contribution in [1.82, 2.24) is 19.1 Å². The third-order valence-corrected chi connectivity index (χ3v) is 5.26. The van der Waals surface area contributed by atoms with E-state index in [4.69, 9.17) is 0 Å². The average Bonchev–Trinajstić information content (AvgIpc) is 2.95. The Morgan fingerprint density at radius 1 is 1.23 bits per heavy atom. The first kappa shape index (κ1) is 14.7. The van der Waals surface area contributed by atoms with Crippen LogP contribution in [0.2, 0.25) is 0 Å². The quantitative estimate of drug-likeness (QED) is 0.784. The standard InChI is InChI=1S/C13H15N5O3S/c1-16-9-12(8-15-16)22(20,21)17-5-6-18(13(19)10-17)11-3-2-4-14-7-11/h2-4,7-9H,5-6,10H2,1H3. The van der Waals surface area contributed by atoms with Crippen LogP contribution in [0.4, 0.5) is 5.69 Å². The van der Waals surface area contributed by atoms with Gasteiger partial charge in [0.25, 0.3) is 0 Å². The van der Waals surface area contributed by atoms with Crippen LogP contribution in [-0.4, -0.2) is 53.0 Å². The molecule has 9 heteroatoms. The molecule has 0 aliphatic carbocycles. The molecular formula is C13H15N5O3S. The lowest BCUT2D eigenvalue weighted by Gasteiger charge is -2.33. The molecule has 3 heterocycles. The molecule has 0 atom stereocenters. The van der Waals surface area contributed by atoms with Gasteiger partial charge in [0.15, 0.2) is 0 Å². The monoisotopic (exact) mass is 321 g/mol. The highest BCUT2D eigenvalue weighted by Crippen LogP contribution is 2.20. The Morgan fingerprint density at radius 2 is 2.05 bits per heavy atom. The molecule has 1 saturated heterocycles. The molecule has 1 amide bonds. The number of carbonyl (C=O) groups is 1. The zero-order valence-electron chi connectivity index (χ0n) is 12.0. The maximum Gasteiger partial charge on any atom is 0.246 e. The van der Waals surface area contributed by atoms with Gasteiger partial charge in [0.2, 0.25) is 15.9 Å². The molecule has 0 N–H and O–H groups in total. The van der Waals surface area contributed by atoms with Crippen LogP contribution in [0.1, 0.15) is 0 Å². The zero-order valence-corrected chi connectivity index (χ0v) is 12.8. The van der Waals surface area contributed by atoms with Crippen molar-refractivity contribution in [2.45, 2.75) is 4.90 Å². The molecule has 0 radical (unpaired) electrons. The lowest BCUT2D eigenvalue weighted by molar-refractivity contribution is -0.119. The molecule has 0 aromatic carbocycles. The summed E-state index contributed by atoms with van der Waals surface area (Å²) in [5.74, 6) is -0.272. The van der Waals surface area contributed by atoms with Crippen LogP contribution in [0.5, 0.6) is 0 Å². The summed E-state index contributed by atoms with van der Waals surface area (Å²) in [4.78, 5) is 17.9. The van der Waals surface area contributed by atoms with E-state index in [2.05, 4.69) is 10.1 Å². The van der Waals surface area contributed by atoms with Gasteiger partial charge in [-0.3, -0.25) is 14.5 Å². The van der Waals surface area contributed by atoms with Crippen molar-refractivity contribution >= 4 is 21.6 Å². The minimum atomic E-state index is -3.69. The number of aromatic nitrogens is 3. The van der Waals surface area contributed by atoms with Crippen molar-refractivity contribution < 1.29 is 13.2 Å². The third-order valence-electron chi connectivity index (χ3n) is 3.46. The lowest BCUT2D eigenvalue weighted by atomic mass is 10.3. The van der Waals surface area contributed by atoms with E-state index in [1.54, 1.807) is 36.5 Å². The van der Waals surface area contributed by atoms with Gasteiger partial charge in [-0.25, -0.2) is 8.42 Å². The van der Waals surface area contributed by atoms with E-state index in [9.17, 15) is 13.2 Å². The van der Waals surface area contributed by atoms with Gasteiger partial charge in [-0.1, -0.05) is 0 Å². The van der Waals surface area contributed by atoms with Gasteiger partial charge >= 0.3 is 0 Å². The predicted octanol–water partition coefficient (Wildman–Crippen LogP) is -0.147. The van der Waals surface area contributed by atoms with Crippen LogP contribution >= 0.6 is 0 Å². The molecule has 2 aromatic heterocycles. The zero-order chi connectivity index (χ0) is 15.7. The molecule has 3 rings (SSSR count). The molecule has 22 heavy (non-hydrogen) atoms. The molecule has 0 unspecified atom stereocenters. The summed E-state index contributed by atoms with van der Waals surface area (Å²) >= 11 is 0. The fourth-order valence-corrected chi connectivity index (χ4v) is 3.69. The third kappa shape index (κ3) is 2.60. The Kier molecular flexibility index (Phi) is 3.67. The number of hydrogen-bond donors (Lipinski definition) is 0. The first-order chi connectivity index (χ1) is 10.5. The van der Waals surface area contributed by atoms with E-state index < -0.39 is 10.0 Å². The number of nitrogens with zero attached hydrogens (tertiary/aromatic N) is 5. The Labute approximate surface area is 128 Å². The highest BCUT2D eigenvalue weighted by atomic mass is 32.2. The van der Waals surface area contributed by atoms with Crippen LogP contribution in [0.15, 0.2) is 41.8 Å². The minimum absolute atomic E-state index is 0.0950. The number of pyridine rings is 1. The number of aryl methyl sites for hydroxylation is 1. The van der Waals surface area contributed by atoms with Crippen molar-refractivity contribution in [1.29, 1.82) is 0 Å². The lowest BCUT2D eigenvalue weighted by Crippen LogP contribution is -2.52. The molecule has 8 nitrogen and oxygen atoms in total. The van der Waals surface area contributed by atoms with Crippen LogP contribution < -0.4 is 4.90 Å². The first-order valence-corrected chi connectivity index (χ1v) is 8.12. The van der Waals surface area contributed by atoms with Crippen molar-refractivity contribution in [2.24, 2.45) is 7.05 Å².